The molecule has 0 fully saturated rings. The first-order chi connectivity index (χ1) is 14.1. The Bertz CT molecular complexity index is 847. The number of rotatable bonds is 9. The highest BCUT2D eigenvalue weighted by atomic mass is 16.3. The first kappa shape index (κ1) is 20.1. The summed E-state index contributed by atoms with van der Waals surface area (Å²) in [6.45, 7) is 0.334. The lowest BCUT2D eigenvalue weighted by Gasteiger charge is -2.21. The predicted molar refractivity (Wildman–Crippen MR) is 114 cm³/mol. The Balaban J connectivity index is 1.93. The molecule has 0 aliphatic carbocycles. The van der Waals surface area contributed by atoms with Gasteiger partial charge in [-0.15, -0.1) is 0 Å². The third kappa shape index (κ3) is 5.67. The average Bonchev–Trinajstić information content (AvgIpc) is 2.71. The van der Waals surface area contributed by atoms with E-state index in [2.05, 4.69) is 25.6 Å². The zero-order valence-corrected chi connectivity index (χ0v) is 15.8. The van der Waals surface area contributed by atoms with Gasteiger partial charge in [0.1, 0.15) is 0 Å². The highest BCUT2D eigenvalue weighted by Crippen LogP contribution is 2.21. The Morgan fingerprint density at radius 2 is 1.10 bits per heavy atom. The molecule has 0 saturated heterocycles. The third-order valence-corrected chi connectivity index (χ3v) is 3.98. The minimum absolute atomic E-state index is 0.104. The van der Waals surface area contributed by atoms with E-state index in [1.165, 1.54) is 0 Å². The number of nitrogens with two attached hydrogens (primary N) is 2. The molecule has 0 unspecified atom stereocenters. The molecule has 0 atom stereocenters. The molecule has 10 nitrogen and oxygen atoms in total. The van der Waals surface area contributed by atoms with Crippen LogP contribution in [0.4, 0.5) is 40.6 Å². The normalized spacial score (nSPS) is 10.6. The van der Waals surface area contributed by atoms with Gasteiger partial charge in [0.15, 0.2) is 0 Å². The molecule has 1 aromatic heterocycles. The fourth-order valence-corrected chi connectivity index (χ4v) is 2.56. The van der Waals surface area contributed by atoms with E-state index in [1.807, 2.05) is 24.3 Å². The summed E-state index contributed by atoms with van der Waals surface area (Å²) in [5.41, 5.74) is 14.3. The van der Waals surface area contributed by atoms with Crippen LogP contribution in [0.2, 0.25) is 0 Å². The molecule has 1 heterocycles. The molecule has 0 bridgehead atoms. The van der Waals surface area contributed by atoms with Crippen LogP contribution in [0.3, 0.4) is 0 Å². The van der Waals surface area contributed by atoms with Crippen LogP contribution in [0.15, 0.2) is 48.5 Å². The number of nitrogens with one attached hydrogen (secondary N) is 2. The molecule has 0 saturated carbocycles. The lowest BCUT2D eigenvalue weighted by molar-refractivity contribution is 0.280. The molecular formula is C19H24N8O2. The average molecular weight is 396 g/mol. The molecule has 0 radical (unpaired) electrons. The van der Waals surface area contributed by atoms with Crippen molar-refractivity contribution in [3.63, 3.8) is 0 Å². The van der Waals surface area contributed by atoms with Gasteiger partial charge in [-0.1, -0.05) is 0 Å². The summed E-state index contributed by atoms with van der Waals surface area (Å²) in [5, 5.41) is 24.9. The van der Waals surface area contributed by atoms with Gasteiger partial charge in [-0.3, -0.25) is 0 Å². The number of benzene rings is 2. The number of hydrogen-bond donors (Lipinski definition) is 6. The maximum absolute atomic E-state index is 9.34. The Kier molecular flexibility index (Phi) is 6.61. The maximum Gasteiger partial charge on any atom is 0.233 e. The van der Waals surface area contributed by atoms with Crippen molar-refractivity contribution in [1.29, 1.82) is 0 Å². The van der Waals surface area contributed by atoms with Gasteiger partial charge >= 0.3 is 0 Å². The number of hydrogen-bond acceptors (Lipinski definition) is 10. The molecule has 10 heteroatoms. The third-order valence-electron chi connectivity index (χ3n) is 3.98. The van der Waals surface area contributed by atoms with Gasteiger partial charge in [0.05, 0.1) is 13.2 Å². The van der Waals surface area contributed by atoms with E-state index in [9.17, 15) is 10.2 Å². The molecule has 3 rings (SSSR count). The summed E-state index contributed by atoms with van der Waals surface area (Å²) in [4.78, 5) is 14.9. The Hall–Kier alpha value is -3.63. The Labute approximate surface area is 168 Å². The summed E-state index contributed by atoms with van der Waals surface area (Å²) in [5.74, 6) is 0.927. The lowest BCUT2D eigenvalue weighted by atomic mass is 10.3. The second-order valence-electron chi connectivity index (χ2n) is 6.21. The molecule has 8 N–H and O–H groups in total. The molecule has 0 amide bonds. The van der Waals surface area contributed by atoms with E-state index in [4.69, 9.17) is 11.5 Å². The highest BCUT2D eigenvalue weighted by Gasteiger charge is 2.14. The van der Waals surface area contributed by atoms with Gasteiger partial charge in [0.2, 0.25) is 17.8 Å². The quantitative estimate of drug-likeness (QED) is 0.291. The number of aliphatic hydroxyl groups is 2. The molecule has 0 aliphatic heterocycles. The molecule has 2 aromatic carbocycles. The largest absolute Gasteiger partial charge is 0.399 e. The number of nitrogens with zero attached hydrogens (tertiary/aromatic N) is 4. The zero-order chi connectivity index (χ0) is 20.6. The summed E-state index contributed by atoms with van der Waals surface area (Å²) < 4.78 is 0. The highest BCUT2D eigenvalue weighted by molar-refractivity contribution is 5.62. The van der Waals surface area contributed by atoms with Gasteiger partial charge in [0.25, 0.3) is 0 Å². The van der Waals surface area contributed by atoms with E-state index < -0.39 is 0 Å². The molecule has 0 aliphatic rings. The van der Waals surface area contributed by atoms with Gasteiger partial charge in [-0.2, -0.15) is 15.0 Å². The zero-order valence-electron chi connectivity index (χ0n) is 15.8. The molecule has 3 aromatic rings. The van der Waals surface area contributed by atoms with E-state index in [1.54, 1.807) is 29.2 Å². The second-order valence-corrected chi connectivity index (χ2v) is 6.21. The smallest absolute Gasteiger partial charge is 0.233 e. The minimum Gasteiger partial charge on any atom is -0.399 e. The Morgan fingerprint density at radius 3 is 1.48 bits per heavy atom. The van der Waals surface area contributed by atoms with Crippen molar-refractivity contribution in [2.24, 2.45) is 0 Å². The summed E-state index contributed by atoms with van der Waals surface area (Å²) >= 11 is 0. The van der Waals surface area contributed by atoms with Crippen LogP contribution in [0.5, 0.6) is 0 Å². The van der Waals surface area contributed by atoms with Crippen LogP contribution in [0.25, 0.3) is 0 Å². The molecule has 0 spiro atoms. The van der Waals surface area contributed by atoms with Crippen LogP contribution < -0.4 is 27.0 Å². The molecule has 152 valence electrons. The number of aromatic nitrogens is 3. The SMILES string of the molecule is Nc1ccc(Nc2nc(Nc3ccc(N)cc3)nc(N(CCO)CCO)n2)cc1. The van der Waals surface area contributed by atoms with E-state index in [-0.39, 0.29) is 26.3 Å². The fourth-order valence-electron chi connectivity index (χ4n) is 2.56. The van der Waals surface area contributed by atoms with Crippen molar-refractivity contribution in [3.05, 3.63) is 48.5 Å². The molecule has 29 heavy (non-hydrogen) atoms. The fraction of sp³-hybridized carbons (Fsp3) is 0.211. The van der Waals surface area contributed by atoms with Gasteiger partial charge in [-0.05, 0) is 48.5 Å². The lowest BCUT2D eigenvalue weighted by Crippen LogP contribution is -2.31. The first-order valence-electron chi connectivity index (χ1n) is 9.05. The van der Waals surface area contributed by atoms with Crippen LogP contribution in [0.1, 0.15) is 0 Å². The minimum atomic E-state index is -0.104. The summed E-state index contributed by atoms with van der Waals surface area (Å²) in [7, 11) is 0. The van der Waals surface area contributed by atoms with E-state index >= 15 is 0 Å². The van der Waals surface area contributed by atoms with Crippen LogP contribution in [-0.2, 0) is 0 Å². The summed E-state index contributed by atoms with van der Waals surface area (Å²) in [6, 6.07) is 14.3. The van der Waals surface area contributed by atoms with Crippen molar-refractivity contribution in [1.82, 2.24) is 15.0 Å². The summed E-state index contributed by atoms with van der Waals surface area (Å²) in [6.07, 6.45) is 0. The number of nitrogen functional groups attached to an aromatic ring is 2. The van der Waals surface area contributed by atoms with Gasteiger partial charge < -0.3 is 37.2 Å². The van der Waals surface area contributed by atoms with Crippen LogP contribution >= 0.6 is 0 Å². The van der Waals surface area contributed by atoms with Crippen molar-refractivity contribution < 1.29 is 10.2 Å². The monoisotopic (exact) mass is 396 g/mol. The number of anilines is 7. The maximum atomic E-state index is 9.34. The van der Waals surface area contributed by atoms with Crippen LogP contribution in [0, 0.1) is 0 Å². The van der Waals surface area contributed by atoms with Gasteiger partial charge in [-0.25, -0.2) is 0 Å². The topological polar surface area (TPSA) is 158 Å². The van der Waals surface area contributed by atoms with Crippen molar-refractivity contribution >= 4 is 40.6 Å². The van der Waals surface area contributed by atoms with Crippen molar-refractivity contribution in [2.75, 3.05) is 53.3 Å². The number of aliphatic hydroxyl groups excluding tert-OH is 2. The standard InChI is InChI=1S/C19H24N8O2/c20-13-1-5-15(6-2-13)22-17-24-18(23-16-7-3-14(21)4-8-16)26-19(25-17)27(9-11-28)10-12-29/h1-8,28-29H,9-12,20-21H2,(H2,22,23,24,25,26). The predicted octanol–water partition coefficient (Wildman–Crippen LogP) is 1.31. The van der Waals surface area contributed by atoms with Crippen molar-refractivity contribution in [3.8, 4) is 0 Å². The molecular weight excluding hydrogens is 372 g/mol. The second kappa shape index (κ2) is 9.53. The van der Waals surface area contributed by atoms with Crippen LogP contribution in [-0.4, -0.2) is 51.5 Å². The van der Waals surface area contributed by atoms with E-state index in [0.717, 1.165) is 11.4 Å². The van der Waals surface area contributed by atoms with E-state index in [0.29, 0.717) is 29.2 Å². The Morgan fingerprint density at radius 1 is 0.690 bits per heavy atom. The van der Waals surface area contributed by atoms with Crippen molar-refractivity contribution in [2.45, 2.75) is 0 Å². The first-order valence-corrected chi connectivity index (χ1v) is 9.05. The van der Waals surface area contributed by atoms with Gasteiger partial charge in [0, 0.05) is 35.8 Å².